The van der Waals surface area contributed by atoms with E-state index < -0.39 is 6.04 Å². The molecule has 0 aromatic rings. The van der Waals surface area contributed by atoms with Gasteiger partial charge in [-0.15, -0.1) is 0 Å². The molecular formula is C11H17N3O3. The third-order valence-corrected chi connectivity index (χ3v) is 3.14. The van der Waals surface area contributed by atoms with Gasteiger partial charge in [-0.1, -0.05) is 0 Å². The Hall–Kier alpha value is -1.43. The maximum absolute atomic E-state index is 11.5. The Morgan fingerprint density at radius 2 is 2.06 bits per heavy atom. The van der Waals surface area contributed by atoms with Crippen LogP contribution in [0.4, 0.5) is 0 Å². The summed E-state index contributed by atoms with van der Waals surface area (Å²) in [5, 5.41) is 5.77. The van der Waals surface area contributed by atoms with E-state index in [-0.39, 0.29) is 30.1 Å². The summed E-state index contributed by atoms with van der Waals surface area (Å²) < 4.78 is 0. The van der Waals surface area contributed by atoms with Crippen molar-refractivity contribution in [2.24, 2.45) is 5.92 Å². The zero-order chi connectivity index (χ0) is 12.4. The molecule has 3 amide bonds. The molecule has 2 N–H and O–H groups in total. The predicted molar refractivity (Wildman–Crippen MR) is 59.9 cm³/mol. The first-order valence-corrected chi connectivity index (χ1v) is 5.91. The van der Waals surface area contributed by atoms with Crippen molar-refractivity contribution >= 4 is 17.7 Å². The largest absolute Gasteiger partial charge is 0.355 e. The molecule has 94 valence electrons. The van der Waals surface area contributed by atoms with E-state index in [0.717, 1.165) is 17.7 Å². The average molecular weight is 239 g/mol. The summed E-state index contributed by atoms with van der Waals surface area (Å²) in [7, 11) is 1.49. The zero-order valence-electron chi connectivity index (χ0n) is 9.86. The number of carbonyl (C=O) groups excluding carboxylic acids is 3. The van der Waals surface area contributed by atoms with Gasteiger partial charge in [-0.3, -0.25) is 19.3 Å². The number of rotatable bonds is 5. The molecule has 0 aromatic carbocycles. The molecule has 6 heteroatoms. The molecule has 2 aliphatic rings. The van der Waals surface area contributed by atoms with Crippen molar-refractivity contribution in [2.45, 2.75) is 25.3 Å². The normalized spacial score (nSPS) is 24.3. The Balaban J connectivity index is 1.63. The quantitative estimate of drug-likeness (QED) is 0.469. The molecule has 1 saturated heterocycles. The average Bonchev–Trinajstić information content (AvgIpc) is 3.11. The van der Waals surface area contributed by atoms with Crippen LogP contribution in [0.3, 0.4) is 0 Å². The standard InChI is InChI=1S/C11H17N3O3/c1-14-9(15)6-8(11(14)17)12-4-5-13-10(16)7-2-3-7/h7-8,12H,2-6H2,1H3,(H,13,16). The van der Waals surface area contributed by atoms with Crippen molar-refractivity contribution < 1.29 is 14.4 Å². The summed E-state index contributed by atoms with van der Waals surface area (Å²) in [4.78, 5) is 35.2. The summed E-state index contributed by atoms with van der Waals surface area (Å²) in [5.74, 6) is -0.0494. The van der Waals surface area contributed by atoms with Crippen LogP contribution in [0.2, 0.25) is 0 Å². The van der Waals surface area contributed by atoms with Gasteiger partial charge < -0.3 is 10.6 Å². The zero-order valence-corrected chi connectivity index (χ0v) is 9.86. The van der Waals surface area contributed by atoms with Gasteiger partial charge >= 0.3 is 0 Å². The van der Waals surface area contributed by atoms with Gasteiger partial charge in [0.05, 0.1) is 12.5 Å². The molecule has 1 atom stereocenters. The minimum absolute atomic E-state index is 0.0951. The van der Waals surface area contributed by atoms with Gasteiger partial charge in [-0.05, 0) is 12.8 Å². The highest BCUT2D eigenvalue weighted by Crippen LogP contribution is 2.28. The smallest absolute Gasteiger partial charge is 0.246 e. The van der Waals surface area contributed by atoms with E-state index in [0.29, 0.717) is 13.1 Å². The summed E-state index contributed by atoms with van der Waals surface area (Å²) in [6, 6.07) is -0.426. The number of nitrogens with one attached hydrogen (secondary N) is 2. The second-order valence-corrected chi connectivity index (χ2v) is 4.57. The van der Waals surface area contributed by atoms with Crippen LogP contribution in [-0.4, -0.2) is 48.8 Å². The summed E-state index contributed by atoms with van der Waals surface area (Å²) in [6.45, 7) is 1.01. The number of imide groups is 1. The molecule has 0 radical (unpaired) electrons. The molecule has 0 spiro atoms. The van der Waals surface area contributed by atoms with Crippen LogP contribution in [0.25, 0.3) is 0 Å². The lowest BCUT2D eigenvalue weighted by Crippen LogP contribution is -2.41. The molecule has 0 bridgehead atoms. The monoisotopic (exact) mass is 239 g/mol. The van der Waals surface area contributed by atoms with Gasteiger partial charge in [0.15, 0.2) is 0 Å². The summed E-state index contributed by atoms with van der Waals surface area (Å²) >= 11 is 0. The highest BCUT2D eigenvalue weighted by Gasteiger charge is 2.35. The van der Waals surface area contributed by atoms with E-state index in [1.165, 1.54) is 7.05 Å². The Morgan fingerprint density at radius 1 is 1.35 bits per heavy atom. The van der Waals surface area contributed by atoms with Gasteiger partial charge in [-0.2, -0.15) is 0 Å². The molecule has 1 heterocycles. The fraction of sp³-hybridized carbons (Fsp3) is 0.727. The molecule has 2 rings (SSSR count). The predicted octanol–water partition coefficient (Wildman–Crippen LogP) is -1.14. The van der Waals surface area contributed by atoms with E-state index in [4.69, 9.17) is 0 Å². The van der Waals surface area contributed by atoms with Crippen LogP contribution < -0.4 is 10.6 Å². The maximum atomic E-state index is 11.5. The number of likely N-dealkylation sites (tertiary alicyclic amines) is 1. The molecule has 0 aromatic heterocycles. The molecule has 2 fully saturated rings. The second-order valence-electron chi connectivity index (χ2n) is 4.57. The van der Waals surface area contributed by atoms with Crippen molar-refractivity contribution in [3.8, 4) is 0 Å². The van der Waals surface area contributed by atoms with Crippen LogP contribution in [0, 0.1) is 5.92 Å². The van der Waals surface area contributed by atoms with Crippen LogP contribution in [0.1, 0.15) is 19.3 Å². The van der Waals surface area contributed by atoms with Crippen LogP contribution in [0.5, 0.6) is 0 Å². The number of hydrogen-bond acceptors (Lipinski definition) is 4. The van der Waals surface area contributed by atoms with Crippen LogP contribution >= 0.6 is 0 Å². The lowest BCUT2D eigenvalue weighted by Gasteiger charge is -2.11. The molecule has 1 aliphatic carbocycles. The molecule has 1 unspecified atom stereocenters. The minimum atomic E-state index is -0.426. The molecule has 6 nitrogen and oxygen atoms in total. The Kier molecular flexibility index (Phi) is 3.42. The number of carbonyl (C=O) groups is 3. The molecular weight excluding hydrogens is 222 g/mol. The fourth-order valence-corrected chi connectivity index (χ4v) is 1.84. The first-order valence-electron chi connectivity index (χ1n) is 5.91. The minimum Gasteiger partial charge on any atom is -0.355 e. The van der Waals surface area contributed by atoms with Gasteiger partial charge in [-0.25, -0.2) is 0 Å². The Morgan fingerprint density at radius 3 is 2.59 bits per heavy atom. The third kappa shape index (κ3) is 2.82. The van der Waals surface area contributed by atoms with Crippen molar-refractivity contribution in [1.82, 2.24) is 15.5 Å². The molecule has 17 heavy (non-hydrogen) atoms. The highest BCUT2D eigenvalue weighted by atomic mass is 16.2. The SMILES string of the molecule is CN1C(=O)CC(NCCNC(=O)C2CC2)C1=O. The van der Waals surface area contributed by atoms with Gasteiger partial charge in [0.25, 0.3) is 0 Å². The van der Waals surface area contributed by atoms with Crippen LogP contribution in [0.15, 0.2) is 0 Å². The summed E-state index contributed by atoms with van der Waals surface area (Å²) in [5.41, 5.74) is 0. The van der Waals surface area contributed by atoms with Crippen molar-refractivity contribution in [2.75, 3.05) is 20.1 Å². The van der Waals surface area contributed by atoms with Crippen LogP contribution in [-0.2, 0) is 14.4 Å². The second kappa shape index (κ2) is 4.83. The highest BCUT2D eigenvalue weighted by molar-refractivity contribution is 6.05. The Labute approximate surface area is 99.7 Å². The van der Waals surface area contributed by atoms with E-state index in [9.17, 15) is 14.4 Å². The molecule has 1 aliphatic heterocycles. The van der Waals surface area contributed by atoms with E-state index in [1.54, 1.807) is 0 Å². The van der Waals surface area contributed by atoms with E-state index in [1.807, 2.05) is 0 Å². The van der Waals surface area contributed by atoms with Gasteiger partial charge in [0, 0.05) is 26.1 Å². The number of likely N-dealkylation sites (N-methyl/N-ethyl adjacent to an activating group) is 1. The number of hydrogen-bond donors (Lipinski definition) is 2. The molecule has 1 saturated carbocycles. The van der Waals surface area contributed by atoms with Crippen molar-refractivity contribution in [3.63, 3.8) is 0 Å². The van der Waals surface area contributed by atoms with Crippen molar-refractivity contribution in [3.05, 3.63) is 0 Å². The first-order chi connectivity index (χ1) is 8.09. The number of nitrogens with zero attached hydrogens (tertiary/aromatic N) is 1. The lowest BCUT2D eigenvalue weighted by molar-refractivity contribution is -0.137. The number of amides is 3. The van der Waals surface area contributed by atoms with E-state index >= 15 is 0 Å². The maximum Gasteiger partial charge on any atom is 0.246 e. The fourth-order valence-electron chi connectivity index (χ4n) is 1.84. The summed E-state index contributed by atoms with van der Waals surface area (Å²) in [6.07, 6.45) is 2.19. The van der Waals surface area contributed by atoms with E-state index in [2.05, 4.69) is 10.6 Å². The topological polar surface area (TPSA) is 78.5 Å². The first kappa shape index (κ1) is 12.0. The third-order valence-electron chi connectivity index (χ3n) is 3.14. The van der Waals surface area contributed by atoms with Gasteiger partial charge in [0.2, 0.25) is 17.7 Å². The Bertz CT molecular complexity index is 352. The van der Waals surface area contributed by atoms with Crippen molar-refractivity contribution in [1.29, 1.82) is 0 Å². The lowest BCUT2D eigenvalue weighted by atomic mass is 10.2. The van der Waals surface area contributed by atoms with Gasteiger partial charge in [0.1, 0.15) is 0 Å².